The molecule has 0 aromatic rings. The van der Waals surface area contributed by atoms with Crippen molar-refractivity contribution < 1.29 is 18.9 Å². The van der Waals surface area contributed by atoms with E-state index in [0.717, 1.165) is 0 Å². The highest BCUT2D eigenvalue weighted by molar-refractivity contribution is 6.73. The maximum absolute atomic E-state index is 5.91. The van der Waals surface area contributed by atoms with Gasteiger partial charge in [-0.3, -0.25) is 4.58 Å². The minimum absolute atomic E-state index is 0.0373. The van der Waals surface area contributed by atoms with Crippen LogP contribution in [-0.2, 0) is 18.9 Å². The Hall–Kier alpha value is -0.203. The molecular formula is C16H32O4Si. The minimum Gasteiger partial charge on any atom is -0.352 e. The second kappa shape index (κ2) is 7.37. The van der Waals surface area contributed by atoms with E-state index in [2.05, 4.69) is 53.8 Å². The molecule has 4 nitrogen and oxygen atoms in total. The summed E-state index contributed by atoms with van der Waals surface area (Å²) in [6, 6.07) is 0. The van der Waals surface area contributed by atoms with Gasteiger partial charge < -0.3 is 9.47 Å². The Kier molecular flexibility index (Phi) is 6.62. The third-order valence-corrected chi connectivity index (χ3v) is 8.68. The first-order valence-corrected chi connectivity index (χ1v) is 10.7. The smallest absolute Gasteiger partial charge is 0.238 e. The van der Waals surface area contributed by atoms with Crippen LogP contribution in [0.4, 0.5) is 0 Å². The Labute approximate surface area is 130 Å². The third-order valence-electron chi connectivity index (χ3n) is 4.54. The van der Waals surface area contributed by atoms with Gasteiger partial charge in [-0.25, -0.2) is 4.89 Å². The van der Waals surface area contributed by atoms with Gasteiger partial charge in [0.15, 0.2) is 6.29 Å². The van der Waals surface area contributed by atoms with Crippen LogP contribution in [0.3, 0.4) is 0 Å². The lowest BCUT2D eigenvalue weighted by molar-refractivity contribution is -0.261. The topological polar surface area (TPSA) is 36.9 Å². The van der Waals surface area contributed by atoms with Gasteiger partial charge in [0.2, 0.25) is 8.32 Å². The monoisotopic (exact) mass is 316 g/mol. The molecule has 5 heteroatoms. The number of methoxy groups -OCH3 is 1. The van der Waals surface area contributed by atoms with Gasteiger partial charge in [0.05, 0.1) is 6.10 Å². The van der Waals surface area contributed by atoms with Crippen LogP contribution in [0.5, 0.6) is 0 Å². The van der Waals surface area contributed by atoms with Crippen molar-refractivity contribution in [1.29, 1.82) is 0 Å². The number of hydrogen-bond donors (Lipinski definition) is 0. The van der Waals surface area contributed by atoms with E-state index < -0.39 is 8.32 Å². The summed E-state index contributed by atoms with van der Waals surface area (Å²) in [5.41, 5.74) is 0. The van der Waals surface area contributed by atoms with Gasteiger partial charge in [0.25, 0.3) is 0 Å². The quantitative estimate of drug-likeness (QED) is 0.319. The van der Waals surface area contributed by atoms with Crippen LogP contribution in [0.2, 0.25) is 18.1 Å². The van der Waals surface area contributed by atoms with Crippen LogP contribution < -0.4 is 0 Å². The third kappa shape index (κ3) is 5.18. The molecule has 1 heterocycles. The average molecular weight is 317 g/mol. The van der Waals surface area contributed by atoms with E-state index in [-0.39, 0.29) is 17.4 Å². The zero-order valence-electron chi connectivity index (χ0n) is 14.8. The zero-order chi connectivity index (χ0) is 16.3. The largest absolute Gasteiger partial charge is 0.352 e. The van der Waals surface area contributed by atoms with E-state index in [0.29, 0.717) is 18.4 Å². The van der Waals surface area contributed by atoms with Crippen LogP contribution in [0.1, 0.15) is 34.6 Å². The fourth-order valence-electron chi connectivity index (χ4n) is 1.96. The first-order valence-electron chi connectivity index (χ1n) is 7.75. The summed E-state index contributed by atoms with van der Waals surface area (Å²) in [5, 5.41) is 0.132. The molecule has 1 rings (SSSR count). The van der Waals surface area contributed by atoms with Crippen molar-refractivity contribution >= 4 is 8.32 Å². The molecule has 0 radical (unpaired) electrons. The Morgan fingerprint density at radius 2 is 1.81 bits per heavy atom. The standard InChI is InChI=1S/C16H32O4Si/c1-12(2)13-9-10-15(17-6)19-14(13)11-18-20-21(7,8)16(3,4)5/h9-10,12-15H,11H2,1-8H3/t13-,14+,15-/m0/s1. The molecule has 0 spiro atoms. The molecule has 1 aliphatic rings. The molecule has 0 aromatic heterocycles. The molecule has 0 unspecified atom stereocenters. The van der Waals surface area contributed by atoms with Gasteiger partial charge in [-0.15, -0.1) is 0 Å². The highest BCUT2D eigenvalue weighted by Crippen LogP contribution is 2.37. The molecule has 0 N–H and O–H groups in total. The van der Waals surface area contributed by atoms with Crippen molar-refractivity contribution in [3.63, 3.8) is 0 Å². The molecule has 0 saturated carbocycles. The first-order chi connectivity index (χ1) is 9.58. The van der Waals surface area contributed by atoms with Crippen molar-refractivity contribution in [1.82, 2.24) is 0 Å². The van der Waals surface area contributed by atoms with Crippen LogP contribution in [0.15, 0.2) is 12.2 Å². The summed E-state index contributed by atoms with van der Waals surface area (Å²) in [5.74, 6) is 0.806. The number of hydrogen-bond acceptors (Lipinski definition) is 4. The summed E-state index contributed by atoms with van der Waals surface area (Å²) in [6.45, 7) is 15.7. The molecule has 3 atom stereocenters. The van der Waals surface area contributed by atoms with Gasteiger partial charge in [-0.1, -0.05) is 40.7 Å². The molecule has 124 valence electrons. The van der Waals surface area contributed by atoms with Crippen molar-refractivity contribution in [2.24, 2.45) is 11.8 Å². The second-order valence-corrected chi connectivity index (χ2v) is 12.3. The van der Waals surface area contributed by atoms with E-state index in [4.69, 9.17) is 18.9 Å². The summed E-state index contributed by atoms with van der Waals surface area (Å²) < 4.78 is 17.0. The maximum atomic E-state index is 5.91. The molecule has 1 aliphatic heterocycles. The van der Waals surface area contributed by atoms with Gasteiger partial charge in [0.1, 0.15) is 6.61 Å². The fraction of sp³-hybridized carbons (Fsp3) is 0.875. The van der Waals surface area contributed by atoms with Crippen LogP contribution in [-0.4, -0.2) is 34.4 Å². The number of rotatable bonds is 6. The molecule has 0 saturated heterocycles. The maximum Gasteiger partial charge on any atom is 0.238 e. The lowest BCUT2D eigenvalue weighted by Gasteiger charge is -2.37. The van der Waals surface area contributed by atoms with Crippen molar-refractivity contribution in [3.05, 3.63) is 12.2 Å². The second-order valence-electron chi connectivity index (χ2n) is 7.61. The Morgan fingerprint density at radius 3 is 2.29 bits per heavy atom. The summed E-state index contributed by atoms with van der Waals surface area (Å²) in [6.07, 6.45) is 3.81. The van der Waals surface area contributed by atoms with Gasteiger partial charge in [0, 0.05) is 13.0 Å². The SMILES string of the molecule is CO[C@@H]1C=C[C@@H](C(C)C)[C@@H](COO[Si](C)(C)C(C)(C)C)O1. The van der Waals surface area contributed by atoms with Crippen LogP contribution >= 0.6 is 0 Å². The lowest BCUT2D eigenvalue weighted by Crippen LogP contribution is -2.43. The molecule has 0 amide bonds. The minimum atomic E-state index is -1.89. The summed E-state index contributed by atoms with van der Waals surface area (Å²) in [7, 11) is -0.243. The summed E-state index contributed by atoms with van der Waals surface area (Å²) >= 11 is 0. The predicted octanol–water partition coefficient (Wildman–Crippen LogP) is 4.14. The average Bonchev–Trinajstić information content (AvgIpc) is 2.36. The highest BCUT2D eigenvalue weighted by atomic mass is 28.4. The van der Waals surface area contributed by atoms with E-state index in [9.17, 15) is 0 Å². The van der Waals surface area contributed by atoms with Crippen molar-refractivity contribution in [2.45, 2.75) is 65.1 Å². The Morgan fingerprint density at radius 1 is 1.19 bits per heavy atom. The van der Waals surface area contributed by atoms with Gasteiger partial charge in [-0.2, -0.15) is 0 Å². The van der Waals surface area contributed by atoms with Gasteiger partial charge in [-0.05, 0) is 30.1 Å². The zero-order valence-corrected chi connectivity index (χ0v) is 15.8. The molecule has 21 heavy (non-hydrogen) atoms. The normalized spacial score (nSPS) is 27.4. The van der Waals surface area contributed by atoms with Crippen molar-refractivity contribution in [2.75, 3.05) is 13.7 Å². The van der Waals surface area contributed by atoms with Gasteiger partial charge >= 0.3 is 0 Å². The summed E-state index contributed by atoms with van der Waals surface area (Å²) in [4.78, 5) is 5.58. The molecule has 0 aliphatic carbocycles. The molecule has 0 aromatic carbocycles. The van der Waals surface area contributed by atoms with Crippen LogP contribution in [0.25, 0.3) is 0 Å². The Balaban J connectivity index is 2.58. The lowest BCUT2D eigenvalue weighted by atomic mass is 9.89. The van der Waals surface area contributed by atoms with E-state index in [1.807, 2.05) is 6.08 Å². The highest BCUT2D eigenvalue weighted by Gasteiger charge is 2.39. The van der Waals surface area contributed by atoms with Crippen molar-refractivity contribution in [3.8, 4) is 0 Å². The Bertz CT molecular complexity index is 347. The molecular weight excluding hydrogens is 284 g/mol. The molecule has 0 bridgehead atoms. The van der Waals surface area contributed by atoms with Crippen LogP contribution in [0, 0.1) is 11.8 Å². The number of ether oxygens (including phenoxy) is 2. The van der Waals surface area contributed by atoms with E-state index >= 15 is 0 Å². The predicted molar refractivity (Wildman–Crippen MR) is 87.4 cm³/mol. The molecule has 0 fully saturated rings. The first kappa shape index (κ1) is 18.8. The fourth-order valence-corrected chi connectivity index (χ4v) is 2.57. The van der Waals surface area contributed by atoms with E-state index in [1.54, 1.807) is 7.11 Å². The van der Waals surface area contributed by atoms with E-state index in [1.165, 1.54) is 0 Å².